The van der Waals surface area contributed by atoms with E-state index in [-0.39, 0.29) is 5.76 Å². The Bertz CT molecular complexity index is 542. The molecule has 0 radical (unpaired) electrons. The number of hydrogen-bond donors (Lipinski definition) is 2. The summed E-state index contributed by atoms with van der Waals surface area (Å²) in [5.74, 6) is 6.75. The molecule has 2 heterocycles. The summed E-state index contributed by atoms with van der Waals surface area (Å²) in [5, 5.41) is 0.589. The first-order chi connectivity index (χ1) is 8.60. The van der Waals surface area contributed by atoms with Crippen LogP contribution in [0.2, 0.25) is 0 Å². The molecule has 2 aromatic heterocycles. The molecule has 0 bridgehead atoms. The summed E-state index contributed by atoms with van der Waals surface area (Å²) in [6, 6.07) is 3.30. The van der Waals surface area contributed by atoms with Gasteiger partial charge in [-0.25, -0.2) is 10.8 Å². The monoisotopic (exact) mass is 267 g/mol. The third kappa shape index (κ3) is 2.74. The number of aromatic nitrogens is 1. The molecule has 0 saturated heterocycles. The van der Waals surface area contributed by atoms with Gasteiger partial charge in [-0.1, -0.05) is 11.8 Å². The second-order valence-corrected chi connectivity index (χ2v) is 4.58. The SMILES string of the molecule is Cc1nc(SCc2ccc(C(=O)NN)o2)oc1C. The molecule has 0 atom stereocenters. The zero-order chi connectivity index (χ0) is 13.1. The van der Waals surface area contributed by atoms with Gasteiger partial charge in [0, 0.05) is 0 Å². The molecule has 0 aliphatic rings. The third-order valence-electron chi connectivity index (χ3n) is 2.36. The standard InChI is InChI=1S/C11H13N3O3S/c1-6-7(2)16-11(13-6)18-5-8-3-4-9(17-8)10(15)14-12/h3-4H,5,12H2,1-2H3,(H,14,15). The molecule has 2 aromatic rings. The highest BCUT2D eigenvalue weighted by atomic mass is 32.2. The number of thioether (sulfide) groups is 1. The Balaban J connectivity index is 1.98. The first kappa shape index (κ1) is 12.7. The summed E-state index contributed by atoms with van der Waals surface area (Å²) in [4.78, 5) is 15.4. The summed E-state index contributed by atoms with van der Waals surface area (Å²) < 4.78 is 10.7. The zero-order valence-corrected chi connectivity index (χ0v) is 10.8. The van der Waals surface area contributed by atoms with E-state index in [9.17, 15) is 4.79 Å². The van der Waals surface area contributed by atoms with E-state index in [1.54, 1.807) is 12.1 Å². The average Bonchev–Trinajstić information content (AvgIpc) is 2.94. The number of nitrogens with one attached hydrogen (secondary N) is 1. The molecule has 0 unspecified atom stereocenters. The van der Waals surface area contributed by atoms with Crippen LogP contribution in [0.4, 0.5) is 0 Å². The lowest BCUT2D eigenvalue weighted by atomic mass is 10.4. The highest BCUT2D eigenvalue weighted by Crippen LogP contribution is 2.24. The van der Waals surface area contributed by atoms with Crippen molar-refractivity contribution in [2.75, 3.05) is 0 Å². The summed E-state index contributed by atoms with van der Waals surface area (Å²) in [6.45, 7) is 3.75. The summed E-state index contributed by atoms with van der Waals surface area (Å²) in [7, 11) is 0. The number of oxazole rings is 1. The van der Waals surface area contributed by atoms with E-state index >= 15 is 0 Å². The van der Waals surface area contributed by atoms with E-state index < -0.39 is 5.91 Å². The minimum Gasteiger partial charge on any atom is -0.455 e. The van der Waals surface area contributed by atoms with Crippen LogP contribution < -0.4 is 11.3 Å². The topological polar surface area (TPSA) is 94.3 Å². The van der Waals surface area contributed by atoms with Crippen LogP contribution in [0.3, 0.4) is 0 Å². The quantitative estimate of drug-likeness (QED) is 0.379. The van der Waals surface area contributed by atoms with Crippen LogP contribution in [0.15, 0.2) is 26.2 Å². The molecule has 6 nitrogen and oxygen atoms in total. The molecular formula is C11H13N3O3S. The van der Waals surface area contributed by atoms with Crippen LogP contribution in [-0.4, -0.2) is 10.9 Å². The molecule has 0 spiro atoms. The molecule has 0 fully saturated rings. The van der Waals surface area contributed by atoms with Gasteiger partial charge in [0.15, 0.2) is 5.76 Å². The minimum atomic E-state index is -0.450. The Labute approximate surface area is 108 Å². The van der Waals surface area contributed by atoms with E-state index in [0.717, 1.165) is 11.5 Å². The fourth-order valence-corrected chi connectivity index (χ4v) is 2.09. The van der Waals surface area contributed by atoms with Gasteiger partial charge in [-0.15, -0.1) is 0 Å². The number of hydrazine groups is 1. The maximum absolute atomic E-state index is 11.2. The number of nitrogens with zero attached hydrogens (tertiary/aromatic N) is 1. The molecule has 1 amide bonds. The molecule has 7 heteroatoms. The number of carbonyl (C=O) groups excluding carboxylic acids is 1. The van der Waals surface area contributed by atoms with Gasteiger partial charge in [0.2, 0.25) is 0 Å². The van der Waals surface area contributed by atoms with Crippen LogP contribution in [0.5, 0.6) is 0 Å². The van der Waals surface area contributed by atoms with Crippen molar-refractivity contribution in [2.24, 2.45) is 5.84 Å². The van der Waals surface area contributed by atoms with Gasteiger partial charge >= 0.3 is 5.91 Å². The van der Waals surface area contributed by atoms with Crippen molar-refractivity contribution in [1.29, 1.82) is 0 Å². The number of amides is 1. The first-order valence-corrected chi connectivity index (χ1v) is 6.25. The second kappa shape index (κ2) is 5.28. The van der Waals surface area contributed by atoms with Crippen molar-refractivity contribution < 1.29 is 13.6 Å². The number of furan rings is 1. The average molecular weight is 267 g/mol. The maximum Gasteiger partial charge on any atom is 0.300 e. The fraction of sp³-hybridized carbons (Fsp3) is 0.273. The number of aryl methyl sites for hydroxylation is 2. The molecule has 18 heavy (non-hydrogen) atoms. The van der Waals surface area contributed by atoms with Gasteiger partial charge in [0.1, 0.15) is 11.5 Å². The lowest BCUT2D eigenvalue weighted by molar-refractivity contribution is 0.0924. The Morgan fingerprint density at radius 3 is 2.83 bits per heavy atom. The molecule has 0 aliphatic carbocycles. The fourth-order valence-electron chi connectivity index (χ4n) is 1.29. The predicted molar refractivity (Wildman–Crippen MR) is 65.9 cm³/mol. The maximum atomic E-state index is 11.2. The number of nitrogens with two attached hydrogens (primary N) is 1. The number of carbonyl (C=O) groups is 1. The van der Waals surface area contributed by atoms with E-state index in [1.807, 2.05) is 19.3 Å². The normalized spacial score (nSPS) is 10.6. The van der Waals surface area contributed by atoms with Crippen LogP contribution in [0.25, 0.3) is 0 Å². The van der Waals surface area contributed by atoms with Crippen molar-refractivity contribution in [3.05, 3.63) is 35.1 Å². The van der Waals surface area contributed by atoms with E-state index in [0.29, 0.717) is 16.7 Å². The molecule has 3 N–H and O–H groups in total. The Hall–Kier alpha value is -1.73. The van der Waals surface area contributed by atoms with Crippen molar-refractivity contribution >= 4 is 17.7 Å². The molecule has 96 valence electrons. The molecule has 2 rings (SSSR count). The van der Waals surface area contributed by atoms with Crippen molar-refractivity contribution in [3.8, 4) is 0 Å². The molecule has 0 saturated carbocycles. The highest BCUT2D eigenvalue weighted by molar-refractivity contribution is 7.98. The van der Waals surface area contributed by atoms with Crippen LogP contribution >= 0.6 is 11.8 Å². The third-order valence-corrected chi connectivity index (χ3v) is 3.21. The van der Waals surface area contributed by atoms with Crippen molar-refractivity contribution in [3.63, 3.8) is 0 Å². The Kier molecular flexibility index (Phi) is 3.73. The van der Waals surface area contributed by atoms with Gasteiger partial charge in [0.25, 0.3) is 5.22 Å². The Morgan fingerprint density at radius 1 is 1.44 bits per heavy atom. The number of nitrogen functional groups attached to an aromatic ring is 1. The van der Waals surface area contributed by atoms with Gasteiger partial charge in [-0.05, 0) is 26.0 Å². The molecule has 0 aromatic carbocycles. The van der Waals surface area contributed by atoms with E-state index in [2.05, 4.69) is 4.98 Å². The van der Waals surface area contributed by atoms with Crippen molar-refractivity contribution in [1.82, 2.24) is 10.4 Å². The van der Waals surface area contributed by atoms with E-state index in [4.69, 9.17) is 14.7 Å². The molecular weight excluding hydrogens is 254 g/mol. The zero-order valence-electron chi connectivity index (χ0n) is 10.0. The summed E-state index contributed by atoms with van der Waals surface area (Å²) in [6.07, 6.45) is 0. The lowest BCUT2D eigenvalue weighted by Gasteiger charge is -1.95. The first-order valence-electron chi connectivity index (χ1n) is 5.26. The Morgan fingerprint density at radius 2 is 2.22 bits per heavy atom. The lowest BCUT2D eigenvalue weighted by Crippen LogP contribution is -2.29. The number of hydrogen-bond acceptors (Lipinski definition) is 6. The van der Waals surface area contributed by atoms with Gasteiger partial charge in [0.05, 0.1) is 11.4 Å². The van der Waals surface area contributed by atoms with Crippen LogP contribution in [0.1, 0.15) is 27.8 Å². The van der Waals surface area contributed by atoms with Gasteiger partial charge < -0.3 is 8.83 Å². The van der Waals surface area contributed by atoms with Gasteiger partial charge in [-0.2, -0.15) is 0 Å². The largest absolute Gasteiger partial charge is 0.455 e. The number of rotatable bonds is 4. The van der Waals surface area contributed by atoms with Gasteiger partial charge in [-0.3, -0.25) is 10.2 Å². The molecule has 0 aliphatic heterocycles. The minimum absolute atomic E-state index is 0.188. The predicted octanol–water partition coefficient (Wildman–Crippen LogP) is 1.78. The smallest absolute Gasteiger partial charge is 0.300 e. The van der Waals surface area contributed by atoms with Crippen molar-refractivity contribution in [2.45, 2.75) is 24.8 Å². The summed E-state index contributed by atoms with van der Waals surface area (Å²) >= 11 is 1.41. The highest BCUT2D eigenvalue weighted by Gasteiger charge is 2.11. The van der Waals surface area contributed by atoms with Crippen LogP contribution in [0, 0.1) is 13.8 Å². The van der Waals surface area contributed by atoms with Crippen LogP contribution in [-0.2, 0) is 5.75 Å². The summed E-state index contributed by atoms with van der Waals surface area (Å²) in [5.41, 5.74) is 2.88. The van der Waals surface area contributed by atoms with E-state index in [1.165, 1.54) is 11.8 Å². The second-order valence-electron chi connectivity index (χ2n) is 3.65.